The minimum absolute atomic E-state index is 0.0327. The maximum Gasteiger partial charge on any atom is 0.338 e. The maximum absolute atomic E-state index is 12.6. The Kier molecular flexibility index (Phi) is 13.3. The summed E-state index contributed by atoms with van der Waals surface area (Å²) in [6.07, 6.45) is -2.16. The molecule has 0 fully saturated rings. The van der Waals surface area contributed by atoms with Crippen LogP contribution in [0, 0.1) is 0 Å². The number of ether oxygens (including phenoxy) is 5. The summed E-state index contributed by atoms with van der Waals surface area (Å²) < 4.78 is 24.7. The molecule has 0 bridgehead atoms. The third-order valence-electron chi connectivity index (χ3n) is 4.63. The Morgan fingerprint density at radius 3 is 1.77 bits per heavy atom. The van der Waals surface area contributed by atoms with Crippen molar-refractivity contribution in [2.75, 3.05) is 26.4 Å². The Bertz CT molecular complexity index is 1200. The average molecular weight is 564 g/mol. The Balaban J connectivity index is 2.74. The Labute approximate surface area is 228 Å². The first kappa shape index (κ1) is 33.0. The number of carboxylic acid groups (broad SMARTS) is 2. The molecule has 0 heterocycles. The van der Waals surface area contributed by atoms with Crippen LogP contribution in [0.25, 0.3) is 0 Å². The fourth-order valence-corrected chi connectivity index (χ4v) is 2.61. The van der Waals surface area contributed by atoms with Crippen LogP contribution in [0.1, 0.15) is 57.8 Å². The zero-order valence-electron chi connectivity index (χ0n) is 21.8. The van der Waals surface area contributed by atoms with Gasteiger partial charge in [-0.25, -0.2) is 24.0 Å². The lowest BCUT2D eigenvalue weighted by Gasteiger charge is -2.18. The predicted molar refractivity (Wildman–Crippen MR) is 132 cm³/mol. The molecule has 1 aromatic carbocycles. The van der Waals surface area contributed by atoms with Gasteiger partial charge in [0.25, 0.3) is 0 Å². The fraction of sp³-hybridized carbons (Fsp3) is 0.346. The molecule has 14 heteroatoms. The lowest BCUT2D eigenvalue weighted by molar-refractivity contribution is -0.155. The molecular formula is C26H28O14. The molecule has 0 aliphatic rings. The normalized spacial score (nSPS) is 10.8. The molecule has 1 rings (SSSR count). The topological polar surface area (TPSA) is 206 Å². The van der Waals surface area contributed by atoms with Crippen molar-refractivity contribution in [1.29, 1.82) is 0 Å². The quantitative estimate of drug-likeness (QED) is 0.127. The van der Waals surface area contributed by atoms with Crippen molar-refractivity contribution < 1.29 is 67.5 Å². The van der Waals surface area contributed by atoms with E-state index < -0.39 is 78.7 Å². The molecule has 40 heavy (non-hydrogen) atoms. The van der Waals surface area contributed by atoms with E-state index in [0.717, 1.165) is 18.2 Å². The Morgan fingerprint density at radius 1 is 0.725 bits per heavy atom. The third-order valence-corrected chi connectivity index (χ3v) is 4.63. The zero-order chi connectivity index (χ0) is 30.4. The molecule has 0 aliphatic heterocycles. The van der Waals surface area contributed by atoms with Crippen LogP contribution < -0.4 is 0 Å². The number of rotatable bonds is 16. The van der Waals surface area contributed by atoms with Crippen LogP contribution in [0.3, 0.4) is 0 Å². The Morgan fingerprint density at radius 2 is 1.23 bits per heavy atom. The second kappa shape index (κ2) is 16.1. The molecule has 0 aromatic heterocycles. The summed E-state index contributed by atoms with van der Waals surface area (Å²) in [4.78, 5) is 82.0. The van der Waals surface area contributed by atoms with E-state index >= 15 is 0 Å². The number of esters is 5. The van der Waals surface area contributed by atoms with Gasteiger partial charge in [-0.15, -0.1) is 0 Å². The van der Waals surface area contributed by atoms with Gasteiger partial charge in [-0.2, -0.15) is 0 Å². The SMILES string of the molecule is C=C(C)C(=O)OCCOC(=O)CCC(=O)OCC(COC(=O)C(=C)C)OC(=O)c1ccc(C(=O)O)c(C(=O)O)c1. The van der Waals surface area contributed by atoms with Crippen molar-refractivity contribution in [1.82, 2.24) is 0 Å². The van der Waals surface area contributed by atoms with E-state index in [9.17, 15) is 38.7 Å². The molecule has 0 saturated carbocycles. The van der Waals surface area contributed by atoms with E-state index in [4.69, 9.17) is 28.8 Å². The predicted octanol–water partition coefficient (Wildman–Crippen LogP) is 1.71. The molecule has 0 aliphatic carbocycles. The number of carbonyl (C=O) groups excluding carboxylic acids is 5. The fourth-order valence-electron chi connectivity index (χ4n) is 2.61. The van der Waals surface area contributed by atoms with Crippen molar-refractivity contribution in [3.05, 3.63) is 59.2 Å². The highest BCUT2D eigenvalue weighted by Crippen LogP contribution is 2.15. The first-order valence-electron chi connectivity index (χ1n) is 11.5. The van der Waals surface area contributed by atoms with Gasteiger partial charge in [0.2, 0.25) is 0 Å². The van der Waals surface area contributed by atoms with E-state index in [1.54, 1.807) is 0 Å². The van der Waals surface area contributed by atoms with Crippen molar-refractivity contribution >= 4 is 41.8 Å². The van der Waals surface area contributed by atoms with Gasteiger partial charge in [0.05, 0.1) is 29.5 Å². The molecule has 1 atom stereocenters. The van der Waals surface area contributed by atoms with Crippen LogP contribution in [-0.2, 0) is 42.9 Å². The van der Waals surface area contributed by atoms with Crippen molar-refractivity contribution in [3.8, 4) is 0 Å². The zero-order valence-corrected chi connectivity index (χ0v) is 21.8. The molecule has 0 radical (unpaired) electrons. The summed E-state index contributed by atoms with van der Waals surface area (Å²) in [5.74, 6) is -7.39. The van der Waals surface area contributed by atoms with Crippen LogP contribution in [0.5, 0.6) is 0 Å². The number of carboxylic acids is 2. The van der Waals surface area contributed by atoms with Gasteiger partial charge in [0.1, 0.15) is 26.4 Å². The van der Waals surface area contributed by atoms with Gasteiger partial charge in [-0.05, 0) is 32.0 Å². The largest absolute Gasteiger partial charge is 0.478 e. The first-order chi connectivity index (χ1) is 18.7. The second-order valence-electron chi connectivity index (χ2n) is 8.10. The minimum Gasteiger partial charge on any atom is -0.478 e. The smallest absolute Gasteiger partial charge is 0.338 e. The highest BCUT2D eigenvalue weighted by molar-refractivity contribution is 6.04. The third kappa shape index (κ3) is 11.6. The molecule has 0 saturated heterocycles. The molecule has 0 spiro atoms. The van der Waals surface area contributed by atoms with Crippen LogP contribution in [-0.4, -0.2) is 84.5 Å². The molecular weight excluding hydrogens is 536 g/mol. The second-order valence-corrected chi connectivity index (χ2v) is 8.10. The summed E-state index contributed by atoms with van der Waals surface area (Å²) in [6.45, 7) is 7.98. The van der Waals surface area contributed by atoms with E-state index in [0.29, 0.717) is 0 Å². The first-order valence-corrected chi connectivity index (χ1v) is 11.5. The van der Waals surface area contributed by atoms with Gasteiger partial charge >= 0.3 is 41.8 Å². The van der Waals surface area contributed by atoms with E-state index in [-0.39, 0.29) is 36.3 Å². The summed E-state index contributed by atoms with van der Waals surface area (Å²) in [6, 6.07) is 2.72. The lowest BCUT2D eigenvalue weighted by atomic mass is 10.0. The Hall–Kier alpha value is -5.01. The van der Waals surface area contributed by atoms with Gasteiger partial charge in [-0.1, -0.05) is 13.2 Å². The van der Waals surface area contributed by atoms with Crippen molar-refractivity contribution in [2.24, 2.45) is 0 Å². The molecule has 1 aromatic rings. The van der Waals surface area contributed by atoms with Crippen molar-refractivity contribution in [3.63, 3.8) is 0 Å². The van der Waals surface area contributed by atoms with E-state index in [2.05, 4.69) is 13.2 Å². The highest BCUT2D eigenvalue weighted by Gasteiger charge is 2.24. The molecule has 0 amide bonds. The minimum atomic E-state index is -1.60. The number of carbonyl (C=O) groups is 7. The van der Waals surface area contributed by atoms with Gasteiger partial charge < -0.3 is 33.9 Å². The number of aromatic carboxylic acids is 2. The number of hydrogen-bond acceptors (Lipinski definition) is 12. The number of hydrogen-bond donors (Lipinski definition) is 2. The van der Waals surface area contributed by atoms with E-state index in [1.165, 1.54) is 13.8 Å². The van der Waals surface area contributed by atoms with E-state index in [1.807, 2.05) is 0 Å². The highest BCUT2D eigenvalue weighted by atomic mass is 16.6. The van der Waals surface area contributed by atoms with Gasteiger partial charge in [-0.3, -0.25) is 9.59 Å². The molecule has 216 valence electrons. The van der Waals surface area contributed by atoms with Crippen LogP contribution in [0.2, 0.25) is 0 Å². The van der Waals surface area contributed by atoms with Crippen LogP contribution in [0.15, 0.2) is 42.5 Å². The summed E-state index contributed by atoms with van der Waals surface area (Å²) in [5.41, 5.74) is -1.35. The number of benzene rings is 1. The summed E-state index contributed by atoms with van der Waals surface area (Å²) in [7, 11) is 0. The molecule has 2 N–H and O–H groups in total. The standard InChI is InChI=1S/C26H28O14/c1-14(2)24(33)37-10-9-36-20(27)7-8-21(28)38-12-17(13-39-25(34)15(3)4)40-26(35)16-5-6-18(22(29)30)19(11-16)23(31)32/h5-6,11,17H,1,3,7-10,12-13H2,2,4H3,(H,29,30)(H,31,32). The van der Waals surface area contributed by atoms with Crippen molar-refractivity contribution in [2.45, 2.75) is 32.8 Å². The molecule has 14 nitrogen and oxygen atoms in total. The monoisotopic (exact) mass is 564 g/mol. The van der Waals surface area contributed by atoms with Crippen LogP contribution in [0.4, 0.5) is 0 Å². The van der Waals surface area contributed by atoms with Gasteiger partial charge in [0, 0.05) is 11.1 Å². The lowest BCUT2D eigenvalue weighted by Crippen LogP contribution is -2.31. The molecule has 1 unspecified atom stereocenters. The maximum atomic E-state index is 12.6. The average Bonchev–Trinajstić information content (AvgIpc) is 2.90. The van der Waals surface area contributed by atoms with Crippen LogP contribution >= 0.6 is 0 Å². The summed E-state index contributed by atoms with van der Waals surface area (Å²) >= 11 is 0. The van der Waals surface area contributed by atoms with Gasteiger partial charge in [0.15, 0.2) is 6.10 Å². The summed E-state index contributed by atoms with van der Waals surface area (Å²) in [5, 5.41) is 18.4.